The fourth-order valence-electron chi connectivity index (χ4n) is 3.51. The Balaban J connectivity index is 1.74. The first-order valence-electron chi connectivity index (χ1n) is 10.5. The van der Waals surface area contributed by atoms with Gasteiger partial charge in [0.25, 0.3) is 5.91 Å². The average Bonchev–Trinajstić information content (AvgIpc) is 2.83. The number of nitrogens with one attached hydrogen (secondary N) is 2. The minimum atomic E-state index is -0.426. The summed E-state index contributed by atoms with van der Waals surface area (Å²) >= 11 is 0. The second-order valence-corrected chi connectivity index (χ2v) is 7.46. The van der Waals surface area contributed by atoms with Gasteiger partial charge in [0.05, 0.1) is 12.6 Å². The number of para-hydroxylation sites is 1. The highest BCUT2D eigenvalue weighted by atomic mass is 16.5. The van der Waals surface area contributed by atoms with Crippen molar-refractivity contribution in [3.05, 3.63) is 76.1 Å². The molecule has 0 aliphatic carbocycles. The predicted molar refractivity (Wildman–Crippen MR) is 121 cm³/mol. The summed E-state index contributed by atoms with van der Waals surface area (Å²) in [5.74, 6) is -0.103. The van der Waals surface area contributed by atoms with Crippen molar-refractivity contribution in [1.29, 1.82) is 0 Å². The van der Waals surface area contributed by atoms with Gasteiger partial charge in [-0.15, -0.1) is 0 Å². The summed E-state index contributed by atoms with van der Waals surface area (Å²) in [6.07, 6.45) is 4.03. The number of hydrogen-bond acceptors (Lipinski definition) is 5. The topological polar surface area (TPSA) is 110 Å². The van der Waals surface area contributed by atoms with Gasteiger partial charge in [0.1, 0.15) is 11.3 Å². The van der Waals surface area contributed by atoms with Gasteiger partial charge in [0, 0.05) is 31.1 Å². The van der Waals surface area contributed by atoms with Crippen molar-refractivity contribution in [2.75, 3.05) is 7.11 Å². The number of carbonyl (C=O) groups excluding carboxylic acids is 2. The van der Waals surface area contributed by atoms with E-state index in [1.807, 2.05) is 41.0 Å². The Morgan fingerprint density at radius 2 is 1.78 bits per heavy atom. The molecule has 0 saturated carbocycles. The molecule has 32 heavy (non-hydrogen) atoms. The van der Waals surface area contributed by atoms with E-state index in [0.29, 0.717) is 24.9 Å². The second kappa shape index (κ2) is 11.1. The first-order valence-corrected chi connectivity index (χ1v) is 10.5. The summed E-state index contributed by atoms with van der Waals surface area (Å²) in [6, 6.07) is 14.6. The van der Waals surface area contributed by atoms with E-state index in [-0.39, 0.29) is 17.4 Å². The fourth-order valence-corrected chi connectivity index (χ4v) is 3.51. The normalized spacial score (nSPS) is 10.7. The van der Waals surface area contributed by atoms with E-state index in [4.69, 9.17) is 9.94 Å². The highest BCUT2D eigenvalue weighted by Gasteiger charge is 2.15. The van der Waals surface area contributed by atoms with Gasteiger partial charge < -0.3 is 14.6 Å². The maximum atomic E-state index is 12.9. The number of benzene rings is 2. The Labute approximate surface area is 185 Å². The lowest BCUT2D eigenvalue weighted by Gasteiger charge is -2.14. The number of nitrogens with zero attached hydrogens (tertiary/aromatic N) is 1. The van der Waals surface area contributed by atoms with Gasteiger partial charge in [0.2, 0.25) is 11.3 Å². The van der Waals surface area contributed by atoms with Gasteiger partial charge in [-0.1, -0.05) is 30.7 Å². The molecule has 0 aliphatic rings. The maximum absolute atomic E-state index is 12.9. The van der Waals surface area contributed by atoms with Crippen molar-refractivity contribution < 1.29 is 19.5 Å². The fraction of sp³-hybridized carbons (Fsp3) is 0.292. The number of unbranched alkanes of at least 4 members (excludes halogenated alkanes) is 2. The Kier molecular flexibility index (Phi) is 7.99. The molecular weight excluding hydrogens is 410 g/mol. The Morgan fingerprint density at radius 1 is 1.03 bits per heavy atom. The summed E-state index contributed by atoms with van der Waals surface area (Å²) in [5.41, 5.74) is 3.07. The zero-order valence-electron chi connectivity index (χ0n) is 18.0. The van der Waals surface area contributed by atoms with Crippen LogP contribution in [-0.2, 0) is 17.9 Å². The SMILES string of the molecule is COc1ccc(CNC(=O)c2cn(CCCCCC(=O)NO)c3ccccc3c2=O)cc1. The quantitative estimate of drug-likeness (QED) is 0.257. The third kappa shape index (κ3) is 5.73. The number of hydroxylamine groups is 1. The van der Waals surface area contributed by atoms with Gasteiger partial charge in [0.15, 0.2) is 0 Å². The standard InChI is InChI=1S/C24H27N3O5/c1-32-18-12-10-17(11-13-18)15-25-24(30)20-16-27(14-6-2-3-9-22(28)26-31)21-8-5-4-7-19(21)23(20)29/h4-5,7-8,10-13,16,31H,2-3,6,9,14-15H2,1H3,(H,25,30)(H,26,28). The lowest BCUT2D eigenvalue weighted by Crippen LogP contribution is -2.29. The van der Waals surface area contributed by atoms with E-state index in [2.05, 4.69) is 5.32 Å². The van der Waals surface area contributed by atoms with Gasteiger partial charge >= 0.3 is 0 Å². The highest BCUT2D eigenvalue weighted by molar-refractivity contribution is 5.97. The molecule has 0 bridgehead atoms. The van der Waals surface area contributed by atoms with Crippen molar-refractivity contribution in [3.63, 3.8) is 0 Å². The predicted octanol–water partition coefficient (Wildman–Crippen LogP) is 3.01. The monoisotopic (exact) mass is 437 g/mol. The van der Waals surface area contributed by atoms with Crippen LogP contribution < -0.4 is 21.0 Å². The molecule has 8 heteroatoms. The molecule has 2 aromatic carbocycles. The van der Waals surface area contributed by atoms with Crippen LogP contribution in [-0.4, -0.2) is 28.7 Å². The molecule has 0 aliphatic heterocycles. The van der Waals surface area contributed by atoms with Crippen LogP contribution in [0.3, 0.4) is 0 Å². The highest BCUT2D eigenvalue weighted by Crippen LogP contribution is 2.15. The van der Waals surface area contributed by atoms with Gasteiger partial charge in [-0.2, -0.15) is 0 Å². The largest absolute Gasteiger partial charge is 0.497 e. The molecule has 0 fully saturated rings. The number of hydrogen-bond donors (Lipinski definition) is 3. The minimum Gasteiger partial charge on any atom is -0.497 e. The molecule has 1 aromatic heterocycles. The summed E-state index contributed by atoms with van der Waals surface area (Å²) in [5, 5.41) is 11.9. The second-order valence-electron chi connectivity index (χ2n) is 7.46. The first kappa shape index (κ1) is 23.0. The van der Waals surface area contributed by atoms with E-state index < -0.39 is 11.8 Å². The van der Waals surface area contributed by atoms with Crippen molar-refractivity contribution in [1.82, 2.24) is 15.4 Å². The van der Waals surface area contributed by atoms with Gasteiger partial charge in [-0.25, -0.2) is 5.48 Å². The van der Waals surface area contributed by atoms with Crippen LogP contribution in [0.15, 0.2) is 59.5 Å². The maximum Gasteiger partial charge on any atom is 0.257 e. The third-order valence-corrected chi connectivity index (χ3v) is 5.27. The Hall–Kier alpha value is -3.65. The molecule has 1 heterocycles. The van der Waals surface area contributed by atoms with Crippen LogP contribution in [0.2, 0.25) is 0 Å². The molecule has 0 spiro atoms. The molecule has 3 rings (SSSR count). The van der Waals surface area contributed by atoms with E-state index in [9.17, 15) is 14.4 Å². The van der Waals surface area contributed by atoms with E-state index in [0.717, 1.165) is 29.7 Å². The van der Waals surface area contributed by atoms with E-state index >= 15 is 0 Å². The molecule has 0 radical (unpaired) electrons. The minimum absolute atomic E-state index is 0.0943. The Bertz CT molecular complexity index is 1140. The van der Waals surface area contributed by atoms with Crippen molar-refractivity contribution in [2.24, 2.45) is 0 Å². The van der Waals surface area contributed by atoms with Gasteiger partial charge in [-0.3, -0.25) is 19.6 Å². The number of aromatic nitrogens is 1. The lowest BCUT2D eigenvalue weighted by molar-refractivity contribution is -0.129. The molecule has 168 valence electrons. The van der Waals surface area contributed by atoms with Crippen LogP contribution >= 0.6 is 0 Å². The molecule has 0 saturated heterocycles. The van der Waals surface area contributed by atoms with E-state index in [1.54, 1.807) is 30.9 Å². The van der Waals surface area contributed by atoms with Crippen LogP contribution in [0, 0.1) is 0 Å². The summed E-state index contributed by atoms with van der Waals surface area (Å²) in [6.45, 7) is 0.891. The summed E-state index contributed by atoms with van der Waals surface area (Å²) < 4.78 is 7.04. The summed E-state index contributed by atoms with van der Waals surface area (Å²) in [7, 11) is 1.59. The van der Waals surface area contributed by atoms with Gasteiger partial charge in [-0.05, 0) is 42.7 Å². The lowest BCUT2D eigenvalue weighted by atomic mass is 10.1. The van der Waals surface area contributed by atoms with Crippen molar-refractivity contribution in [2.45, 2.75) is 38.8 Å². The molecule has 3 N–H and O–H groups in total. The zero-order chi connectivity index (χ0) is 22.9. The summed E-state index contributed by atoms with van der Waals surface area (Å²) in [4.78, 5) is 36.9. The molecule has 0 unspecified atom stereocenters. The number of aryl methyl sites for hydroxylation is 1. The Morgan fingerprint density at radius 3 is 2.50 bits per heavy atom. The smallest absolute Gasteiger partial charge is 0.257 e. The van der Waals surface area contributed by atoms with E-state index in [1.165, 1.54) is 0 Å². The zero-order valence-corrected chi connectivity index (χ0v) is 18.0. The average molecular weight is 437 g/mol. The number of amides is 2. The number of ether oxygens (including phenoxy) is 1. The molecule has 8 nitrogen and oxygen atoms in total. The number of pyridine rings is 1. The van der Waals surface area contributed by atoms with Crippen molar-refractivity contribution >= 4 is 22.7 Å². The number of methoxy groups -OCH3 is 1. The molecule has 2 amide bonds. The third-order valence-electron chi connectivity index (χ3n) is 5.27. The van der Waals surface area contributed by atoms with Crippen LogP contribution in [0.4, 0.5) is 0 Å². The number of rotatable bonds is 10. The number of carbonyl (C=O) groups is 2. The van der Waals surface area contributed by atoms with Crippen LogP contribution in [0.25, 0.3) is 10.9 Å². The van der Waals surface area contributed by atoms with Crippen LogP contribution in [0.5, 0.6) is 5.75 Å². The number of fused-ring (bicyclic) bond motifs is 1. The first-order chi connectivity index (χ1) is 15.5. The van der Waals surface area contributed by atoms with Crippen LogP contribution in [0.1, 0.15) is 41.6 Å². The van der Waals surface area contributed by atoms with Crippen molar-refractivity contribution in [3.8, 4) is 5.75 Å². The molecule has 0 atom stereocenters. The molecule has 3 aromatic rings. The molecular formula is C24H27N3O5.